The van der Waals surface area contributed by atoms with Crippen molar-refractivity contribution in [3.63, 3.8) is 0 Å². The summed E-state index contributed by atoms with van der Waals surface area (Å²) in [4.78, 5) is 6.86. The molecule has 0 fully saturated rings. The minimum atomic E-state index is -4.62. The Morgan fingerprint density at radius 2 is 2.04 bits per heavy atom. The quantitative estimate of drug-likeness (QED) is 0.909. The first-order chi connectivity index (χ1) is 10.8. The van der Waals surface area contributed by atoms with E-state index in [1.54, 1.807) is 4.68 Å². The van der Waals surface area contributed by atoms with Gasteiger partial charge < -0.3 is 0 Å². The Labute approximate surface area is 129 Å². The molecule has 1 N–H and O–H groups in total. The van der Waals surface area contributed by atoms with E-state index in [1.807, 2.05) is 0 Å². The third-order valence-corrected chi connectivity index (χ3v) is 4.91. The highest BCUT2D eigenvalue weighted by molar-refractivity contribution is 7.89. The topological polar surface area (TPSA) is 89.8 Å². The fourth-order valence-electron chi connectivity index (χ4n) is 2.36. The van der Waals surface area contributed by atoms with Crippen molar-refractivity contribution in [1.29, 1.82) is 0 Å². The van der Waals surface area contributed by atoms with Crippen LogP contribution in [0.25, 0.3) is 0 Å². The summed E-state index contributed by atoms with van der Waals surface area (Å²) < 4.78 is 66.1. The van der Waals surface area contributed by atoms with E-state index in [1.165, 1.54) is 6.33 Å². The molecule has 0 aromatic carbocycles. The molecule has 0 amide bonds. The summed E-state index contributed by atoms with van der Waals surface area (Å²) in [6, 6.07) is 0.947. The second kappa shape index (κ2) is 5.57. The molecule has 3 rings (SSSR count). The lowest BCUT2D eigenvalue weighted by atomic mass is 10.1. The van der Waals surface area contributed by atoms with Crippen LogP contribution in [0.1, 0.15) is 30.4 Å². The lowest BCUT2D eigenvalue weighted by Crippen LogP contribution is -2.33. The van der Waals surface area contributed by atoms with Crippen molar-refractivity contribution >= 4 is 10.0 Å². The van der Waals surface area contributed by atoms with Crippen LogP contribution in [0.2, 0.25) is 0 Å². The van der Waals surface area contributed by atoms with Crippen LogP contribution < -0.4 is 4.72 Å². The zero-order valence-electron chi connectivity index (χ0n) is 11.7. The van der Waals surface area contributed by atoms with E-state index >= 15 is 0 Å². The second-order valence-electron chi connectivity index (χ2n) is 5.03. The molecule has 11 heteroatoms. The van der Waals surface area contributed by atoms with E-state index in [2.05, 4.69) is 19.8 Å². The van der Waals surface area contributed by atoms with Gasteiger partial charge in [-0.3, -0.25) is 4.98 Å². The first kappa shape index (κ1) is 15.9. The smallest absolute Gasteiger partial charge is 0.250 e. The first-order valence-corrected chi connectivity index (χ1v) is 8.19. The van der Waals surface area contributed by atoms with Crippen molar-refractivity contribution in [3.05, 3.63) is 36.2 Å². The van der Waals surface area contributed by atoms with Crippen LogP contribution in [0.15, 0.2) is 29.6 Å². The molecular formula is C12H12F3N5O2S. The molecule has 2 aromatic heterocycles. The fraction of sp³-hybridized carbons (Fsp3) is 0.417. The summed E-state index contributed by atoms with van der Waals surface area (Å²) in [5.41, 5.74) is -1.14. The SMILES string of the molecule is O=S(=O)(NC1CCCn2ncnc21)c1ccc(C(F)(F)F)nc1. The molecule has 1 atom stereocenters. The van der Waals surface area contributed by atoms with Gasteiger partial charge in [-0.15, -0.1) is 0 Å². The second-order valence-corrected chi connectivity index (χ2v) is 6.75. The largest absolute Gasteiger partial charge is 0.433 e. The van der Waals surface area contributed by atoms with E-state index in [-0.39, 0.29) is 4.90 Å². The van der Waals surface area contributed by atoms with Gasteiger partial charge in [-0.25, -0.2) is 22.8 Å². The Morgan fingerprint density at radius 3 is 2.70 bits per heavy atom. The van der Waals surface area contributed by atoms with Crippen LogP contribution in [-0.4, -0.2) is 28.2 Å². The fourth-order valence-corrected chi connectivity index (χ4v) is 3.54. The first-order valence-electron chi connectivity index (χ1n) is 6.71. The number of fused-ring (bicyclic) bond motifs is 1. The van der Waals surface area contributed by atoms with E-state index in [0.717, 1.165) is 12.5 Å². The molecule has 0 spiro atoms. The maximum absolute atomic E-state index is 12.5. The van der Waals surface area contributed by atoms with Gasteiger partial charge in [0.25, 0.3) is 0 Å². The molecule has 0 aliphatic carbocycles. The number of rotatable bonds is 3. The van der Waals surface area contributed by atoms with Crippen LogP contribution in [0.4, 0.5) is 13.2 Å². The normalized spacial score (nSPS) is 18.7. The predicted octanol–water partition coefficient (Wildman–Crippen LogP) is 1.51. The average Bonchev–Trinajstić information content (AvgIpc) is 2.96. The van der Waals surface area contributed by atoms with Gasteiger partial charge in [0.1, 0.15) is 22.7 Å². The van der Waals surface area contributed by atoms with E-state index in [0.29, 0.717) is 31.1 Å². The van der Waals surface area contributed by atoms with E-state index < -0.39 is 27.9 Å². The summed E-state index contributed by atoms with van der Waals surface area (Å²) in [6.07, 6.45) is -1.34. The van der Waals surface area contributed by atoms with Crippen molar-refractivity contribution in [3.8, 4) is 0 Å². The zero-order valence-corrected chi connectivity index (χ0v) is 12.5. The van der Waals surface area contributed by atoms with E-state index in [9.17, 15) is 21.6 Å². The van der Waals surface area contributed by atoms with Crippen LogP contribution in [0.3, 0.4) is 0 Å². The minimum Gasteiger partial charge on any atom is -0.250 e. The number of nitrogens with one attached hydrogen (secondary N) is 1. The standard InChI is InChI=1S/C12H12F3N5O2S/c13-12(14,15)10-4-3-8(6-16-10)23(21,22)19-9-2-1-5-20-11(9)17-7-18-20/h3-4,6-7,9,19H,1-2,5H2. The highest BCUT2D eigenvalue weighted by atomic mass is 32.2. The molecule has 1 aliphatic rings. The number of aryl methyl sites for hydroxylation is 1. The molecule has 1 aliphatic heterocycles. The Hall–Kier alpha value is -2.01. The molecule has 7 nitrogen and oxygen atoms in total. The van der Waals surface area contributed by atoms with Gasteiger partial charge in [0, 0.05) is 12.7 Å². The number of sulfonamides is 1. The molecule has 23 heavy (non-hydrogen) atoms. The van der Waals surface area contributed by atoms with Gasteiger partial charge in [-0.05, 0) is 25.0 Å². The summed E-state index contributed by atoms with van der Waals surface area (Å²) in [5.74, 6) is 0.486. The molecular weight excluding hydrogens is 335 g/mol. The molecule has 124 valence electrons. The van der Waals surface area contributed by atoms with Crippen molar-refractivity contribution in [2.24, 2.45) is 0 Å². The van der Waals surface area contributed by atoms with Crippen molar-refractivity contribution in [2.45, 2.75) is 36.5 Å². The molecule has 0 saturated carbocycles. The number of halogens is 3. The summed E-state index contributed by atoms with van der Waals surface area (Å²) in [7, 11) is -4.00. The monoisotopic (exact) mass is 347 g/mol. The third kappa shape index (κ3) is 3.20. The summed E-state index contributed by atoms with van der Waals surface area (Å²) in [6.45, 7) is 0.648. The number of nitrogens with zero attached hydrogens (tertiary/aromatic N) is 4. The molecule has 0 bridgehead atoms. The van der Waals surface area contributed by atoms with Crippen LogP contribution in [-0.2, 0) is 22.7 Å². The van der Waals surface area contributed by atoms with Crippen LogP contribution >= 0.6 is 0 Å². The molecule has 1 unspecified atom stereocenters. The minimum absolute atomic E-state index is 0.331. The van der Waals surface area contributed by atoms with Gasteiger partial charge in [0.2, 0.25) is 10.0 Å². The van der Waals surface area contributed by atoms with Gasteiger partial charge in [0.15, 0.2) is 0 Å². The Morgan fingerprint density at radius 1 is 1.26 bits per heavy atom. The van der Waals surface area contributed by atoms with Crippen molar-refractivity contribution in [1.82, 2.24) is 24.5 Å². The van der Waals surface area contributed by atoms with Gasteiger partial charge >= 0.3 is 6.18 Å². The number of aromatic nitrogens is 4. The maximum Gasteiger partial charge on any atom is 0.433 e. The number of hydrogen-bond acceptors (Lipinski definition) is 5. The molecule has 0 saturated heterocycles. The number of hydrogen-bond donors (Lipinski definition) is 1. The Balaban J connectivity index is 1.83. The highest BCUT2D eigenvalue weighted by Gasteiger charge is 2.33. The lowest BCUT2D eigenvalue weighted by molar-refractivity contribution is -0.141. The van der Waals surface area contributed by atoms with Crippen LogP contribution in [0, 0.1) is 0 Å². The number of pyridine rings is 1. The lowest BCUT2D eigenvalue weighted by Gasteiger charge is -2.23. The molecule has 2 aromatic rings. The zero-order chi connectivity index (χ0) is 16.7. The molecule has 3 heterocycles. The highest BCUT2D eigenvalue weighted by Crippen LogP contribution is 2.28. The predicted molar refractivity (Wildman–Crippen MR) is 71.6 cm³/mol. The number of alkyl halides is 3. The maximum atomic E-state index is 12.5. The summed E-state index contributed by atoms with van der Waals surface area (Å²) in [5, 5.41) is 3.98. The molecule has 0 radical (unpaired) electrons. The van der Waals surface area contributed by atoms with Gasteiger partial charge in [-0.1, -0.05) is 0 Å². The summed E-state index contributed by atoms with van der Waals surface area (Å²) >= 11 is 0. The Kier molecular flexibility index (Phi) is 3.84. The van der Waals surface area contributed by atoms with Crippen molar-refractivity contribution < 1.29 is 21.6 Å². The van der Waals surface area contributed by atoms with E-state index in [4.69, 9.17) is 0 Å². The third-order valence-electron chi connectivity index (χ3n) is 3.45. The average molecular weight is 347 g/mol. The van der Waals surface area contributed by atoms with Crippen LogP contribution in [0.5, 0.6) is 0 Å². The Bertz CT molecular complexity index is 801. The van der Waals surface area contributed by atoms with Gasteiger partial charge in [0.05, 0.1) is 6.04 Å². The van der Waals surface area contributed by atoms with Gasteiger partial charge in [-0.2, -0.15) is 18.3 Å². The van der Waals surface area contributed by atoms with Crippen molar-refractivity contribution in [2.75, 3.05) is 0 Å².